The summed E-state index contributed by atoms with van der Waals surface area (Å²) in [7, 11) is 0. The molecule has 1 aromatic carbocycles. The molecule has 0 radical (unpaired) electrons. The third kappa shape index (κ3) is 2.38. The summed E-state index contributed by atoms with van der Waals surface area (Å²) in [5, 5.41) is 7.69. The Labute approximate surface area is 120 Å². The van der Waals surface area contributed by atoms with Gasteiger partial charge >= 0.3 is 0 Å². The summed E-state index contributed by atoms with van der Waals surface area (Å²) in [6.07, 6.45) is 4.03. The average Bonchev–Trinajstić information content (AvgIpc) is 3.05. The van der Waals surface area contributed by atoms with Crippen LogP contribution in [0, 0.1) is 5.82 Å². The van der Waals surface area contributed by atoms with Gasteiger partial charge in [0, 0.05) is 25.0 Å². The van der Waals surface area contributed by atoms with Crippen LogP contribution < -0.4 is 0 Å². The Morgan fingerprint density at radius 1 is 1.25 bits per heavy atom. The molecule has 0 bridgehead atoms. The summed E-state index contributed by atoms with van der Waals surface area (Å²) in [6.45, 7) is 1.30. The van der Waals surface area contributed by atoms with Crippen LogP contribution in [0.5, 0.6) is 0 Å². The summed E-state index contributed by atoms with van der Waals surface area (Å²) in [5.74, 6) is 0.937. The van der Waals surface area contributed by atoms with Crippen LogP contribution in [0.4, 0.5) is 4.39 Å². The molecule has 0 unspecified atom stereocenters. The fraction of sp³-hybridized carbons (Fsp3) is 0.308. The molecule has 0 amide bonds. The highest BCUT2D eigenvalue weighted by atomic mass is 35.5. The largest absolute Gasteiger partial charge is 0.326 e. The molecule has 0 fully saturated rings. The first kappa shape index (κ1) is 13.1. The standard InChI is InChI=1S/C13H13ClFN5/c14-5-4-12-17-13-10(15)2-1-3-11(13)20(12)9-8-19-7-6-16-18-19/h1-3,6-7H,4-5,8-9H2. The van der Waals surface area contributed by atoms with Crippen molar-refractivity contribution in [1.29, 1.82) is 0 Å². The van der Waals surface area contributed by atoms with Crippen LogP contribution in [0.2, 0.25) is 0 Å². The summed E-state index contributed by atoms with van der Waals surface area (Å²) in [6, 6.07) is 4.97. The highest BCUT2D eigenvalue weighted by Crippen LogP contribution is 2.20. The van der Waals surface area contributed by atoms with Crippen LogP contribution in [-0.4, -0.2) is 30.4 Å². The molecular formula is C13H13ClFN5. The van der Waals surface area contributed by atoms with E-state index in [-0.39, 0.29) is 5.82 Å². The van der Waals surface area contributed by atoms with Gasteiger partial charge in [0.1, 0.15) is 11.3 Å². The van der Waals surface area contributed by atoms with Gasteiger partial charge in [-0.2, -0.15) is 0 Å². The van der Waals surface area contributed by atoms with Crippen molar-refractivity contribution in [3.8, 4) is 0 Å². The molecule has 0 aliphatic rings. The van der Waals surface area contributed by atoms with Crippen molar-refractivity contribution in [1.82, 2.24) is 24.5 Å². The van der Waals surface area contributed by atoms with Crippen LogP contribution >= 0.6 is 11.6 Å². The van der Waals surface area contributed by atoms with Gasteiger partial charge in [-0.25, -0.2) is 9.37 Å². The average molecular weight is 294 g/mol. The molecule has 20 heavy (non-hydrogen) atoms. The Balaban J connectivity index is 1.98. The van der Waals surface area contributed by atoms with E-state index in [1.54, 1.807) is 23.1 Å². The second-order valence-electron chi connectivity index (χ2n) is 4.39. The Morgan fingerprint density at radius 3 is 2.90 bits per heavy atom. The molecule has 104 valence electrons. The number of alkyl halides is 1. The summed E-state index contributed by atoms with van der Waals surface area (Å²) in [5.41, 5.74) is 1.18. The van der Waals surface area contributed by atoms with Gasteiger partial charge in [-0.1, -0.05) is 11.3 Å². The third-order valence-corrected chi connectivity index (χ3v) is 3.34. The van der Waals surface area contributed by atoms with Crippen molar-refractivity contribution in [3.05, 3.63) is 42.2 Å². The number of hydrogen-bond acceptors (Lipinski definition) is 3. The number of imidazole rings is 1. The molecule has 0 spiro atoms. The predicted octanol–water partition coefficient (Wildman–Crippen LogP) is 2.25. The van der Waals surface area contributed by atoms with E-state index in [4.69, 9.17) is 11.6 Å². The van der Waals surface area contributed by atoms with Crippen molar-refractivity contribution < 1.29 is 4.39 Å². The lowest BCUT2D eigenvalue weighted by Crippen LogP contribution is -2.11. The topological polar surface area (TPSA) is 48.5 Å². The van der Waals surface area contributed by atoms with Gasteiger partial charge in [0.25, 0.3) is 0 Å². The molecule has 0 saturated carbocycles. The first-order chi connectivity index (χ1) is 9.79. The van der Waals surface area contributed by atoms with Gasteiger partial charge in [-0.05, 0) is 12.1 Å². The maximum atomic E-state index is 13.8. The zero-order valence-electron chi connectivity index (χ0n) is 10.7. The zero-order valence-corrected chi connectivity index (χ0v) is 11.5. The minimum atomic E-state index is -0.308. The molecule has 0 N–H and O–H groups in total. The molecule has 0 saturated heterocycles. The molecule has 5 nitrogen and oxygen atoms in total. The van der Waals surface area contributed by atoms with E-state index in [2.05, 4.69) is 15.3 Å². The summed E-state index contributed by atoms with van der Waals surface area (Å²) < 4.78 is 17.5. The first-order valence-electron chi connectivity index (χ1n) is 6.33. The fourth-order valence-corrected chi connectivity index (χ4v) is 2.41. The number of halogens is 2. The second-order valence-corrected chi connectivity index (χ2v) is 4.77. The first-order valence-corrected chi connectivity index (χ1v) is 6.86. The Morgan fingerprint density at radius 2 is 2.15 bits per heavy atom. The molecule has 3 rings (SSSR count). The van der Waals surface area contributed by atoms with Crippen molar-refractivity contribution in [2.45, 2.75) is 19.5 Å². The van der Waals surface area contributed by atoms with Gasteiger partial charge in [0.15, 0.2) is 5.82 Å². The van der Waals surface area contributed by atoms with E-state index in [1.165, 1.54) is 6.07 Å². The molecule has 2 aromatic heterocycles. The lowest BCUT2D eigenvalue weighted by Gasteiger charge is -2.08. The number of fused-ring (bicyclic) bond motifs is 1. The molecule has 0 aliphatic carbocycles. The summed E-state index contributed by atoms with van der Waals surface area (Å²) >= 11 is 5.80. The van der Waals surface area contributed by atoms with Crippen LogP contribution in [-0.2, 0) is 19.5 Å². The number of aromatic nitrogens is 5. The SMILES string of the molecule is Fc1cccc2c1nc(CCCl)n2CCn1ccnn1. The predicted molar refractivity (Wildman–Crippen MR) is 74.1 cm³/mol. The van der Waals surface area contributed by atoms with Crippen molar-refractivity contribution in [3.63, 3.8) is 0 Å². The lowest BCUT2D eigenvalue weighted by molar-refractivity contribution is 0.516. The molecule has 7 heteroatoms. The number of nitrogens with zero attached hydrogens (tertiary/aromatic N) is 5. The smallest absolute Gasteiger partial charge is 0.151 e. The Hall–Kier alpha value is -1.95. The van der Waals surface area contributed by atoms with E-state index in [0.29, 0.717) is 30.9 Å². The maximum Gasteiger partial charge on any atom is 0.151 e. The quantitative estimate of drug-likeness (QED) is 0.678. The summed E-state index contributed by atoms with van der Waals surface area (Å²) in [4.78, 5) is 4.36. The maximum absolute atomic E-state index is 13.8. The van der Waals surface area contributed by atoms with Gasteiger partial charge in [-0.3, -0.25) is 4.68 Å². The zero-order chi connectivity index (χ0) is 13.9. The van der Waals surface area contributed by atoms with Crippen LogP contribution in [0.3, 0.4) is 0 Å². The fourth-order valence-electron chi connectivity index (χ4n) is 2.24. The van der Waals surface area contributed by atoms with Crippen molar-refractivity contribution in [2.24, 2.45) is 0 Å². The highest BCUT2D eigenvalue weighted by Gasteiger charge is 2.13. The number of hydrogen-bond donors (Lipinski definition) is 0. The van der Waals surface area contributed by atoms with Gasteiger partial charge in [0.05, 0.1) is 18.3 Å². The number of rotatable bonds is 5. The van der Waals surface area contributed by atoms with E-state index < -0.39 is 0 Å². The number of para-hydroxylation sites is 1. The second kappa shape index (κ2) is 5.58. The van der Waals surface area contributed by atoms with E-state index >= 15 is 0 Å². The molecule has 3 aromatic rings. The number of benzene rings is 1. The Bertz CT molecular complexity index is 707. The minimum absolute atomic E-state index is 0.308. The van der Waals surface area contributed by atoms with Crippen LogP contribution in [0.15, 0.2) is 30.6 Å². The van der Waals surface area contributed by atoms with Crippen LogP contribution in [0.1, 0.15) is 5.82 Å². The molecular weight excluding hydrogens is 281 g/mol. The van der Waals surface area contributed by atoms with E-state index in [0.717, 1.165) is 11.3 Å². The van der Waals surface area contributed by atoms with E-state index in [9.17, 15) is 4.39 Å². The molecule has 0 aliphatic heterocycles. The van der Waals surface area contributed by atoms with E-state index in [1.807, 2.05) is 10.6 Å². The van der Waals surface area contributed by atoms with Crippen molar-refractivity contribution in [2.75, 3.05) is 5.88 Å². The highest BCUT2D eigenvalue weighted by molar-refractivity contribution is 6.17. The monoisotopic (exact) mass is 293 g/mol. The molecule has 0 atom stereocenters. The minimum Gasteiger partial charge on any atom is -0.326 e. The van der Waals surface area contributed by atoms with Gasteiger partial charge < -0.3 is 4.57 Å². The van der Waals surface area contributed by atoms with Gasteiger partial charge in [-0.15, -0.1) is 16.7 Å². The normalized spacial score (nSPS) is 11.3. The van der Waals surface area contributed by atoms with Crippen LogP contribution in [0.25, 0.3) is 11.0 Å². The number of aryl methyl sites for hydroxylation is 3. The molecule has 2 heterocycles. The Kier molecular flexibility index (Phi) is 3.64. The lowest BCUT2D eigenvalue weighted by atomic mass is 10.3. The van der Waals surface area contributed by atoms with Crippen molar-refractivity contribution >= 4 is 22.6 Å². The third-order valence-electron chi connectivity index (χ3n) is 3.15. The van der Waals surface area contributed by atoms with Gasteiger partial charge in [0.2, 0.25) is 0 Å².